The highest BCUT2D eigenvalue weighted by Gasteiger charge is 1.67. The predicted molar refractivity (Wildman–Crippen MR) is 45.5 cm³/mol. The molecule has 0 rings (SSSR count). The lowest BCUT2D eigenvalue weighted by atomic mass is 10.8. The summed E-state index contributed by atoms with van der Waals surface area (Å²) >= 11 is 0. The molecule has 0 atom stereocenters. The molecular formula is C4H16Cl2N2O. The molecule has 0 radical (unpaired) electrons. The van der Waals surface area contributed by atoms with E-state index in [-0.39, 0.29) is 30.3 Å². The fourth-order valence-electron chi connectivity index (χ4n) is 0.250. The summed E-state index contributed by atoms with van der Waals surface area (Å²) < 4.78 is 0. The summed E-state index contributed by atoms with van der Waals surface area (Å²) in [6.07, 6.45) is 0. The summed E-state index contributed by atoms with van der Waals surface area (Å²) in [5.74, 6) is 0. The lowest BCUT2D eigenvalue weighted by molar-refractivity contribution is 0.573. The third kappa shape index (κ3) is 29.5. The van der Waals surface area contributed by atoms with Crippen LogP contribution in [0.5, 0.6) is 0 Å². The highest BCUT2D eigenvalue weighted by atomic mass is 35.5. The van der Waals surface area contributed by atoms with Crippen molar-refractivity contribution in [1.29, 1.82) is 0 Å². The predicted octanol–water partition coefficient (Wildman–Crippen LogP) is 0.139. The molecule has 0 saturated carbocycles. The van der Waals surface area contributed by atoms with Crippen LogP contribution in [0, 0.1) is 0 Å². The van der Waals surface area contributed by atoms with Crippen molar-refractivity contribution in [1.82, 2.24) is 10.9 Å². The number of rotatable bonds is 3. The minimum atomic E-state index is 0. The van der Waals surface area contributed by atoms with Gasteiger partial charge in [-0.15, -0.1) is 24.8 Å². The summed E-state index contributed by atoms with van der Waals surface area (Å²) in [7, 11) is 0. The Balaban J connectivity index is -0.0000000417. The number of hydrazine groups is 1. The Labute approximate surface area is 68.7 Å². The number of hydrogen-bond acceptors (Lipinski definition) is 2. The van der Waals surface area contributed by atoms with Crippen LogP contribution in [0.4, 0.5) is 0 Å². The molecule has 0 saturated heterocycles. The Hall–Kier alpha value is 0.460. The van der Waals surface area contributed by atoms with Gasteiger partial charge in [0.2, 0.25) is 0 Å². The van der Waals surface area contributed by atoms with Gasteiger partial charge in [0.15, 0.2) is 0 Å². The lowest BCUT2D eigenvalue weighted by Crippen LogP contribution is -2.30. The van der Waals surface area contributed by atoms with Crippen LogP contribution < -0.4 is 10.9 Å². The second kappa shape index (κ2) is 23.7. The summed E-state index contributed by atoms with van der Waals surface area (Å²) in [4.78, 5) is 0. The first-order valence-electron chi connectivity index (χ1n) is 2.37. The molecule has 4 N–H and O–H groups in total. The standard InChI is InChI=1S/C4H12N2.2ClH.H2O/c1-3-5-6-4-2;;;/h5-6H,3-4H2,1-2H3;2*1H;1H2. The van der Waals surface area contributed by atoms with Gasteiger partial charge < -0.3 is 5.48 Å². The fraction of sp³-hybridized carbons (Fsp3) is 1.00. The molecule has 5 heteroatoms. The third-order valence-electron chi connectivity index (χ3n) is 0.479. The first-order chi connectivity index (χ1) is 2.91. The molecule has 0 amide bonds. The van der Waals surface area contributed by atoms with E-state index in [1.807, 2.05) is 0 Å². The first-order valence-corrected chi connectivity index (χ1v) is 2.37. The second-order valence-electron chi connectivity index (χ2n) is 1.06. The molecule has 0 fully saturated rings. The third-order valence-corrected chi connectivity index (χ3v) is 0.479. The smallest absolute Gasteiger partial charge is 0.00713 e. The van der Waals surface area contributed by atoms with E-state index in [9.17, 15) is 0 Å². The molecule has 0 aromatic rings. The molecule has 0 aliphatic rings. The van der Waals surface area contributed by atoms with E-state index in [0.29, 0.717) is 0 Å². The van der Waals surface area contributed by atoms with Crippen molar-refractivity contribution in [3.8, 4) is 0 Å². The molecule has 0 aliphatic heterocycles. The maximum Gasteiger partial charge on any atom is 0.00713 e. The van der Waals surface area contributed by atoms with Crippen molar-refractivity contribution in [3.63, 3.8) is 0 Å². The summed E-state index contributed by atoms with van der Waals surface area (Å²) in [5, 5.41) is 0. The van der Waals surface area contributed by atoms with Crippen LogP contribution in [0.15, 0.2) is 0 Å². The van der Waals surface area contributed by atoms with Crippen molar-refractivity contribution < 1.29 is 5.48 Å². The van der Waals surface area contributed by atoms with E-state index in [1.165, 1.54) is 0 Å². The molecule has 0 unspecified atom stereocenters. The maximum atomic E-state index is 2.95. The zero-order valence-electron chi connectivity index (χ0n) is 5.73. The topological polar surface area (TPSA) is 55.6 Å². The molecule has 0 aromatic carbocycles. The quantitative estimate of drug-likeness (QED) is 0.478. The SMILES string of the molecule is CCNNCC.Cl.Cl.O. The zero-order chi connectivity index (χ0) is 4.83. The molecular weight excluding hydrogens is 163 g/mol. The van der Waals surface area contributed by atoms with Crippen molar-refractivity contribution in [2.75, 3.05) is 13.1 Å². The molecule has 9 heavy (non-hydrogen) atoms. The molecule has 62 valence electrons. The van der Waals surface area contributed by atoms with Crippen LogP contribution in [0.1, 0.15) is 13.8 Å². The Bertz CT molecular complexity index is 28.5. The minimum absolute atomic E-state index is 0. The molecule has 0 aliphatic carbocycles. The summed E-state index contributed by atoms with van der Waals surface area (Å²) in [6.45, 7) is 6.10. The van der Waals surface area contributed by atoms with Gasteiger partial charge in [-0.1, -0.05) is 13.8 Å². The minimum Gasteiger partial charge on any atom is -0.412 e. The van der Waals surface area contributed by atoms with Gasteiger partial charge in [0.1, 0.15) is 0 Å². The fourth-order valence-corrected chi connectivity index (χ4v) is 0.250. The average Bonchev–Trinajstić information content (AvgIpc) is 1.61. The Morgan fingerprint density at radius 3 is 1.22 bits per heavy atom. The van der Waals surface area contributed by atoms with Gasteiger partial charge in [-0.2, -0.15) is 0 Å². The van der Waals surface area contributed by atoms with Crippen molar-refractivity contribution in [3.05, 3.63) is 0 Å². The Kier molecular flexibility index (Phi) is 59.7. The number of halogens is 2. The average molecular weight is 179 g/mol. The van der Waals surface area contributed by atoms with Gasteiger partial charge in [-0.3, -0.25) is 10.9 Å². The van der Waals surface area contributed by atoms with E-state index in [4.69, 9.17) is 0 Å². The van der Waals surface area contributed by atoms with Crippen LogP contribution in [0.25, 0.3) is 0 Å². The normalized spacial score (nSPS) is 6.00. The molecule has 3 nitrogen and oxygen atoms in total. The maximum absolute atomic E-state index is 2.95. The van der Waals surface area contributed by atoms with Crippen molar-refractivity contribution in [2.45, 2.75) is 13.8 Å². The second-order valence-corrected chi connectivity index (χ2v) is 1.06. The Morgan fingerprint density at radius 2 is 1.11 bits per heavy atom. The summed E-state index contributed by atoms with van der Waals surface area (Å²) in [6, 6.07) is 0. The molecule has 0 aromatic heterocycles. The van der Waals surface area contributed by atoms with Crippen LogP contribution in [0.3, 0.4) is 0 Å². The largest absolute Gasteiger partial charge is 0.412 e. The molecule has 0 bridgehead atoms. The highest BCUT2D eigenvalue weighted by Crippen LogP contribution is 1.44. The van der Waals surface area contributed by atoms with Crippen LogP contribution in [0.2, 0.25) is 0 Å². The van der Waals surface area contributed by atoms with Gasteiger partial charge in [0.25, 0.3) is 0 Å². The number of hydrogen-bond donors (Lipinski definition) is 2. The van der Waals surface area contributed by atoms with Crippen molar-refractivity contribution >= 4 is 24.8 Å². The van der Waals surface area contributed by atoms with E-state index >= 15 is 0 Å². The Morgan fingerprint density at radius 1 is 0.889 bits per heavy atom. The zero-order valence-corrected chi connectivity index (χ0v) is 7.36. The van der Waals surface area contributed by atoms with Crippen LogP contribution >= 0.6 is 24.8 Å². The number of nitrogens with one attached hydrogen (secondary N) is 2. The van der Waals surface area contributed by atoms with Gasteiger partial charge >= 0.3 is 0 Å². The van der Waals surface area contributed by atoms with E-state index in [2.05, 4.69) is 24.7 Å². The van der Waals surface area contributed by atoms with Gasteiger partial charge in [-0.25, -0.2) is 0 Å². The first kappa shape index (κ1) is 22.7. The lowest BCUT2D eigenvalue weighted by Gasteiger charge is -1.95. The van der Waals surface area contributed by atoms with E-state index in [0.717, 1.165) is 13.1 Å². The monoisotopic (exact) mass is 178 g/mol. The van der Waals surface area contributed by atoms with Crippen LogP contribution in [-0.2, 0) is 0 Å². The van der Waals surface area contributed by atoms with E-state index < -0.39 is 0 Å². The highest BCUT2D eigenvalue weighted by molar-refractivity contribution is 5.85. The van der Waals surface area contributed by atoms with Crippen LogP contribution in [-0.4, -0.2) is 18.6 Å². The van der Waals surface area contributed by atoms with Crippen molar-refractivity contribution in [2.24, 2.45) is 0 Å². The van der Waals surface area contributed by atoms with Gasteiger partial charge in [0.05, 0.1) is 0 Å². The summed E-state index contributed by atoms with van der Waals surface area (Å²) in [5.41, 5.74) is 5.90. The van der Waals surface area contributed by atoms with Gasteiger partial charge in [0, 0.05) is 13.1 Å². The molecule has 0 spiro atoms. The van der Waals surface area contributed by atoms with Gasteiger partial charge in [-0.05, 0) is 0 Å². The van der Waals surface area contributed by atoms with E-state index in [1.54, 1.807) is 0 Å². The molecule has 0 heterocycles.